The fraction of sp³-hybridized carbons (Fsp3) is 0.353. The lowest BCUT2D eigenvalue weighted by molar-refractivity contribution is 0.0592. The Balaban J connectivity index is 1.77. The molecule has 3 heterocycles. The van der Waals surface area contributed by atoms with Crippen LogP contribution in [-0.2, 0) is 4.74 Å². The molecule has 1 N–H and O–H groups in total. The first-order valence-corrected chi connectivity index (χ1v) is 9.28. The fourth-order valence-electron chi connectivity index (χ4n) is 3.01. The average Bonchev–Trinajstić information content (AvgIpc) is 3.30. The maximum Gasteiger partial charge on any atom is 0.194 e. The number of hydrogen-bond acceptors (Lipinski definition) is 7. The highest BCUT2D eigenvalue weighted by Crippen LogP contribution is 2.34. The number of benzene rings is 1. The van der Waals surface area contributed by atoms with Crippen LogP contribution < -0.4 is 14.8 Å². The number of hydrogen-bond donors (Lipinski definition) is 1. The summed E-state index contributed by atoms with van der Waals surface area (Å²) in [7, 11) is 3.25. The standard InChI is InChI=1S/C17H18IN5O3/c1-24-10-5-6-12(25-2)11(8-10)20-15-14-16(22-17(18)21-15)23(9-19-14)13-4-3-7-26-13/h5-6,8-9,13H,3-4,7H2,1-2H3,(H,20,21,22). The largest absolute Gasteiger partial charge is 0.497 e. The zero-order valence-corrected chi connectivity index (χ0v) is 16.6. The van der Waals surface area contributed by atoms with Crippen LogP contribution in [0.25, 0.3) is 11.2 Å². The van der Waals surface area contributed by atoms with Gasteiger partial charge in [-0.05, 0) is 25.0 Å². The normalized spacial score (nSPS) is 16.8. The van der Waals surface area contributed by atoms with E-state index in [2.05, 4.69) is 42.9 Å². The van der Waals surface area contributed by atoms with Gasteiger partial charge in [0, 0.05) is 35.3 Å². The Bertz CT molecular complexity index is 940. The molecule has 0 aliphatic carbocycles. The Morgan fingerprint density at radius 3 is 2.88 bits per heavy atom. The summed E-state index contributed by atoms with van der Waals surface area (Å²) in [5.41, 5.74) is 2.18. The zero-order valence-electron chi connectivity index (χ0n) is 14.4. The van der Waals surface area contributed by atoms with Gasteiger partial charge in [0.05, 0.1) is 26.2 Å². The van der Waals surface area contributed by atoms with Crippen LogP contribution in [0.1, 0.15) is 19.1 Å². The highest BCUT2D eigenvalue weighted by molar-refractivity contribution is 14.1. The molecule has 136 valence electrons. The van der Waals surface area contributed by atoms with Crippen LogP contribution in [0.3, 0.4) is 0 Å². The molecule has 0 amide bonds. The van der Waals surface area contributed by atoms with Crippen LogP contribution >= 0.6 is 22.6 Å². The number of imidazole rings is 1. The molecule has 0 saturated carbocycles. The minimum Gasteiger partial charge on any atom is -0.497 e. The second-order valence-electron chi connectivity index (χ2n) is 5.82. The lowest BCUT2D eigenvalue weighted by Gasteiger charge is -2.14. The van der Waals surface area contributed by atoms with Gasteiger partial charge in [-0.1, -0.05) is 0 Å². The summed E-state index contributed by atoms with van der Waals surface area (Å²) in [6.45, 7) is 0.763. The van der Waals surface area contributed by atoms with Crippen molar-refractivity contribution in [3.05, 3.63) is 28.4 Å². The molecule has 9 heteroatoms. The number of aromatic nitrogens is 4. The first-order chi connectivity index (χ1) is 12.7. The minimum absolute atomic E-state index is 0.0232. The van der Waals surface area contributed by atoms with Gasteiger partial charge in [-0.15, -0.1) is 0 Å². The van der Waals surface area contributed by atoms with Crippen molar-refractivity contribution < 1.29 is 14.2 Å². The molecule has 1 fully saturated rings. The molecule has 1 atom stereocenters. The van der Waals surface area contributed by atoms with E-state index in [-0.39, 0.29) is 6.23 Å². The molecule has 1 unspecified atom stereocenters. The summed E-state index contributed by atoms with van der Waals surface area (Å²) in [4.78, 5) is 13.6. The van der Waals surface area contributed by atoms with Gasteiger partial charge in [0.2, 0.25) is 0 Å². The molecule has 1 aliphatic heterocycles. The summed E-state index contributed by atoms with van der Waals surface area (Å²) >= 11 is 2.11. The van der Waals surface area contributed by atoms with Crippen molar-refractivity contribution in [1.29, 1.82) is 0 Å². The van der Waals surface area contributed by atoms with Gasteiger partial charge in [0.15, 0.2) is 20.8 Å². The van der Waals surface area contributed by atoms with E-state index in [9.17, 15) is 0 Å². The predicted molar refractivity (Wildman–Crippen MR) is 105 cm³/mol. The fourth-order valence-corrected chi connectivity index (χ4v) is 3.48. The molecule has 3 aromatic rings. The Morgan fingerprint density at radius 1 is 1.27 bits per heavy atom. The molecule has 1 aromatic carbocycles. The Labute approximate surface area is 164 Å². The summed E-state index contributed by atoms with van der Waals surface area (Å²) in [5, 5.41) is 3.31. The Kier molecular flexibility index (Phi) is 4.81. The van der Waals surface area contributed by atoms with Crippen LogP contribution in [0.2, 0.25) is 0 Å². The van der Waals surface area contributed by atoms with Crippen LogP contribution in [-0.4, -0.2) is 40.3 Å². The van der Waals surface area contributed by atoms with E-state index >= 15 is 0 Å². The van der Waals surface area contributed by atoms with Crippen LogP contribution in [0.4, 0.5) is 11.5 Å². The second-order valence-corrected chi connectivity index (χ2v) is 6.79. The quantitative estimate of drug-likeness (QED) is 0.454. The second kappa shape index (κ2) is 7.23. The Hall–Kier alpha value is -2.14. The smallest absolute Gasteiger partial charge is 0.194 e. The van der Waals surface area contributed by atoms with Gasteiger partial charge in [-0.3, -0.25) is 4.57 Å². The van der Waals surface area contributed by atoms with Gasteiger partial charge in [0.1, 0.15) is 17.7 Å². The number of rotatable bonds is 5. The topological polar surface area (TPSA) is 83.3 Å². The number of methoxy groups -OCH3 is 2. The number of anilines is 2. The molecular formula is C17H18IN5O3. The minimum atomic E-state index is -0.0232. The van der Waals surface area contributed by atoms with Crippen LogP contribution in [0.5, 0.6) is 11.5 Å². The number of nitrogens with one attached hydrogen (secondary N) is 1. The molecule has 1 saturated heterocycles. The monoisotopic (exact) mass is 467 g/mol. The Morgan fingerprint density at radius 2 is 2.15 bits per heavy atom. The lowest BCUT2D eigenvalue weighted by Crippen LogP contribution is -2.08. The SMILES string of the molecule is COc1ccc(OC)c(Nc2nc(I)nc3c2ncn3C2CCCO2)c1. The lowest BCUT2D eigenvalue weighted by atomic mass is 10.2. The third-order valence-corrected chi connectivity index (χ3v) is 4.75. The van der Waals surface area contributed by atoms with E-state index in [1.807, 2.05) is 22.8 Å². The van der Waals surface area contributed by atoms with Gasteiger partial charge >= 0.3 is 0 Å². The van der Waals surface area contributed by atoms with Crippen molar-refractivity contribution >= 4 is 45.3 Å². The summed E-state index contributed by atoms with van der Waals surface area (Å²) < 4.78 is 19.1. The number of ether oxygens (including phenoxy) is 3. The van der Waals surface area contributed by atoms with Crippen LogP contribution in [0.15, 0.2) is 24.5 Å². The number of nitrogens with zero attached hydrogens (tertiary/aromatic N) is 4. The van der Waals surface area contributed by atoms with E-state index in [1.54, 1.807) is 20.5 Å². The molecule has 1 aliphatic rings. The van der Waals surface area contributed by atoms with E-state index in [0.717, 1.165) is 36.5 Å². The van der Waals surface area contributed by atoms with Gasteiger partial charge in [-0.25, -0.2) is 15.0 Å². The number of fused-ring (bicyclic) bond motifs is 1. The highest BCUT2D eigenvalue weighted by atomic mass is 127. The molecule has 4 rings (SSSR count). The summed E-state index contributed by atoms with van der Waals surface area (Å²) in [5.74, 6) is 2.02. The van der Waals surface area contributed by atoms with Crippen molar-refractivity contribution in [2.75, 3.05) is 26.1 Å². The molecule has 0 radical (unpaired) electrons. The van der Waals surface area contributed by atoms with Crippen molar-refractivity contribution in [2.24, 2.45) is 0 Å². The summed E-state index contributed by atoms with van der Waals surface area (Å²) in [6.07, 6.45) is 3.74. The summed E-state index contributed by atoms with van der Waals surface area (Å²) in [6, 6.07) is 5.54. The average molecular weight is 467 g/mol. The van der Waals surface area contributed by atoms with Gasteiger partial charge < -0.3 is 19.5 Å². The van der Waals surface area contributed by atoms with E-state index in [4.69, 9.17) is 14.2 Å². The van der Waals surface area contributed by atoms with Crippen molar-refractivity contribution in [3.63, 3.8) is 0 Å². The van der Waals surface area contributed by atoms with E-state index in [0.29, 0.717) is 20.9 Å². The van der Waals surface area contributed by atoms with Gasteiger partial charge in [-0.2, -0.15) is 0 Å². The first-order valence-electron chi connectivity index (χ1n) is 8.20. The first kappa shape index (κ1) is 17.3. The predicted octanol–water partition coefficient (Wildman–Crippen LogP) is 3.50. The maximum atomic E-state index is 5.77. The molecule has 0 bridgehead atoms. The van der Waals surface area contributed by atoms with Crippen LogP contribution in [0, 0.1) is 3.83 Å². The highest BCUT2D eigenvalue weighted by Gasteiger charge is 2.22. The molecule has 26 heavy (non-hydrogen) atoms. The van der Waals surface area contributed by atoms with Gasteiger partial charge in [0.25, 0.3) is 0 Å². The zero-order chi connectivity index (χ0) is 18.1. The number of halogens is 1. The molecule has 8 nitrogen and oxygen atoms in total. The molecule has 0 spiro atoms. The molecule has 2 aromatic heterocycles. The van der Waals surface area contributed by atoms with E-state index in [1.165, 1.54) is 0 Å². The van der Waals surface area contributed by atoms with Crippen molar-refractivity contribution in [3.8, 4) is 11.5 Å². The maximum absolute atomic E-state index is 5.77. The van der Waals surface area contributed by atoms with Crippen molar-refractivity contribution in [2.45, 2.75) is 19.1 Å². The van der Waals surface area contributed by atoms with E-state index < -0.39 is 0 Å². The third kappa shape index (κ3) is 3.16. The van der Waals surface area contributed by atoms with Crippen molar-refractivity contribution in [1.82, 2.24) is 19.5 Å². The molecular weight excluding hydrogens is 449 g/mol. The third-order valence-electron chi connectivity index (χ3n) is 4.27.